The zero-order chi connectivity index (χ0) is 11.9. The van der Waals surface area contributed by atoms with Crippen molar-refractivity contribution in [1.82, 2.24) is 0 Å². The third kappa shape index (κ3) is 1.73. The molecular formula is C15H22O. The molecule has 0 amide bonds. The summed E-state index contributed by atoms with van der Waals surface area (Å²) in [6.45, 7) is 13.3. The van der Waals surface area contributed by atoms with Gasteiger partial charge >= 0.3 is 0 Å². The summed E-state index contributed by atoms with van der Waals surface area (Å²) >= 11 is 0. The molecular weight excluding hydrogens is 196 g/mol. The summed E-state index contributed by atoms with van der Waals surface area (Å²) in [7, 11) is 0. The summed E-state index contributed by atoms with van der Waals surface area (Å²) in [4.78, 5) is 0. The molecule has 1 heteroatoms. The van der Waals surface area contributed by atoms with Crippen LogP contribution in [-0.2, 0) is 0 Å². The Labute approximate surface area is 98.5 Å². The Morgan fingerprint density at radius 1 is 1.44 bits per heavy atom. The predicted octanol–water partition coefficient (Wildman–Crippen LogP) is 4.68. The lowest BCUT2D eigenvalue weighted by Gasteiger charge is -2.44. The van der Waals surface area contributed by atoms with Gasteiger partial charge in [0.25, 0.3) is 0 Å². The quantitative estimate of drug-likeness (QED) is 0.623. The van der Waals surface area contributed by atoms with Gasteiger partial charge in [-0.1, -0.05) is 32.9 Å². The molecule has 88 valence electrons. The van der Waals surface area contributed by atoms with Gasteiger partial charge in [-0.2, -0.15) is 0 Å². The predicted molar refractivity (Wildman–Crippen MR) is 67.5 cm³/mol. The molecule has 1 aliphatic rings. The van der Waals surface area contributed by atoms with Crippen molar-refractivity contribution in [3.8, 4) is 0 Å². The summed E-state index contributed by atoms with van der Waals surface area (Å²) < 4.78 is 5.70. The molecule has 0 bridgehead atoms. The van der Waals surface area contributed by atoms with E-state index < -0.39 is 0 Å². The zero-order valence-electron chi connectivity index (χ0n) is 10.8. The van der Waals surface area contributed by atoms with E-state index in [1.165, 1.54) is 17.6 Å². The highest BCUT2D eigenvalue weighted by Crippen LogP contribution is 2.52. The molecule has 1 fully saturated rings. The third-order valence-electron chi connectivity index (χ3n) is 4.36. The van der Waals surface area contributed by atoms with Crippen LogP contribution >= 0.6 is 0 Å². The van der Waals surface area contributed by atoms with Gasteiger partial charge in [0.05, 0.1) is 6.26 Å². The summed E-state index contributed by atoms with van der Waals surface area (Å²) in [6, 6.07) is 2.16. The fourth-order valence-corrected chi connectivity index (χ4v) is 2.90. The molecule has 1 heterocycles. The van der Waals surface area contributed by atoms with E-state index in [2.05, 4.69) is 40.3 Å². The topological polar surface area (TPSA) is 13.1 Å². The second-order valence-electron chi connectivity index (χ2n) is 5.88. The van der Waals surface area contributed by atoms with Crippen molar-refractivity contribution in [2.75, 3.05) is 0 Å². The van der Waals surface area contributed by atoms with Crippen molar-refractivity contribution < 1.29 is 4.42 Å². The average molecular weight is 218 g/mol. The van der Waals surface area contributed by atoms with E-state index in [-0.39, 0.29) is 5.41 Å². The molecule has 16 heavy (non-hydrogen) atoms. The molecule has 1 aromatic rings. The lowest BCUT2D eigenvalue weighted by atomic mass is 9.60. The third-order valence-corrected chi connectivity index (χ3v) is 4.36. The fourth-order valence-electron chi connectivity index (χ4n) is 2.90. The van der Waals surface area contributed by atoms with Crippen LogP contribution in [0.1, 0.15) is 50.9 Å². The summed E-state index contributed by atoms with van der Waals surface area (Å²) in [5.74, 6) is 2.19. The Morgan fingerprint density at radius 3 is 2.69 bits per heavy atom. The molecule has 1 nitrogen and oxygen atoms in total. The van der Waals surface area contributed by atoms with Crippen molar-refractivity contribution in [2.45, 2.75) is 46.5 Å². The molecule has 0 saturated heterocycles. The molecule has 1 saturated carbocycles. The monoisotopic (exact) mass is 218 g/mol. The maximum atomic E-state index is 5.70. The van der Waals surface area contributed by atoms with Gasteiger partial charge in [0, 0.05) is 5.92 Å². The second-order valence-corrected chi connectivity index (χ2v) is 5.88. The Kier molecular flexibility index (Phi) is 2.73. The standard InChI is InChI=1S/C15H22O/c1-10-8-13(16-9-10)14-11(2)6-7-12(3)15(14,4)5/h8-9,12,14H,2,6-7H2,1,3-5H3/t12-,14+/m1/s1. The Hall–Kier alpha value is -0.980. The van der Waals surface area contributed by atoms with Crippen LogP contribution in [-0.4, -0.2) is 0 Å². The minimum absolute atomic E-state index is 0.250. The highest BCUT2D eigenvalue weighted by atomic mass is 16.3. The number of rotatable bonds is 1. The number of hydrogen-bond donors (Lipinski definition) is 0. The van der Waals surface area contributed by atoms with E-state index in [0.29, 0.717) is 11.8 Å². The molecule has 0 N–H and O–H groups in total. The molecule has 2 rings (SSSR count). The average Bonchev–Trinajstić information content (AvgIpc) is 2.59. The first-order valence-corrected chi connectivity index (χ1v) is 6.15. The minimum Gasteiger partial charge on any atom is -0.468 e. The molecule has 0 aliphatic heterocycles. The smallest absolute Gasteiger partial charge is 0.111 e. The van der Waals surface area contributed by atoms with Crippen LogP contribution in [0.3, 0.4) is 0 Å². The van der Waals surface area contributed by atoms with Crippen molar-refractivity contribution in [3.05, 3.63) is 35.8 Å². The maximum Gasteiger partial charge on any atom is 0.111 e. The number of furan rings is 1. The van der Waals surface area contributed by atoms with Gasteiger partial charge in [-0.25, -0.2) is 0 Å². The highest BCUT2D eigenvalue weighted by molar-refractivity contribution is 5.28. The number of allylic oxidation sites excluding steroid dienone is 1. The Balaban J connectivity index is 2.39. The van der Waals surface area contributed by atoms with Crippen molar-refractivity contribution in [2.24, 2.45) is 11.3 Å². The van der Waals surface area contributed by atoms with Crippen LogP contribution in [0.25, 0.3) is 0 Å². The Bertz CT molecular complexity index is 397. The zero-order valence-corrected chi connectivity index (χ0v) is 10.8. The lowest BCUT2D eigenvalue weighted by Crippen LogP contribution is -2.34. The highest BCUT2D eigenvalue weighted by Gasteiger charge is 2.42. The molecule has 0 radical (unpaired) electrons. The second kappa shape index (κ2) is 3.80. The van der Waals surface area contributed by atoms with Crippen LogP contribution in [0.4, 0.5) is 0 Å². The van der Waals surface area contributed by atoms with Gasteiger partial charge < -0.3 is 4.42 Å². The van der Waals surface area contributed by atoms with Crippen LogP contribution in [0.2, 0.25) is 0 Å². The first kappa shape index (κ1) is 11.5. The van der Waals surface area contributed by atoms with E-state index in [1.54, 1.807) is 0 Å². The van der Waals surface area contributed by atoms with E-state index in [0.717, 1.165) is 12.2 Å². The van der Waals surface area contributed by atoms with Gasteiger partial charge in [0.2, 0.25) is 0 Å². The molecule has 1 aliphatic carbocycles. The van der Waals surface area contributed by atoms with Crippen molar-refractivity contribution in [1.29, 1.82) is 0 Å². The van der Waals surface area contributed by atoms with Gasteiger partial charge in [0.15, 0.2) is 0 Å². The van der Waals surface area contributed by atoms with Crippen LogP contribution in [0, 0.1) is 18.3 Å². The molecule has 0 spiro atoms. The number of aryl methyl sites for hydroxylation is 1. The van der Waals surface area contributed by atoms with Gasteiger partial charge in [-0.05, 0) is 42.7 Å². The SMILES string of the molecule is C=C1CC[C@@H](C)C(C)(C)[C@@H]1c1cc(C)co1. The van der Waals surface area contributed by atoms with E-state index >= 15 is 0 Å². The van der Waals surface area contributed by atoms with E-state index in [1.807, 2.05) is 6.26 Å². The van der Waals surface area contributed by atoms with Crippen LogP contribution in [0.5, 0.6) is 0 Å². The van der Waals surface area contributed by atoms with Crippen LogP contribution in [0.15, 0.2) is 28.9 Å². The van der Waals surface area contributed by atoms with Gasteiger partial charge in [-0.3, -0.25) is 0 Å². The Morgan fingerprint density at radius 2 is 2.12 bits per heavy atom. The summed E-state index contributed by atoms with van der Waals surface area (Å²) in [5, 5.41) is 0. The molecule has 1 aromatic heterocycles. The van der Waals surface area contributed by atoms with Gasteiger partial charge in [-0.15, -0.1) is 0 Å². The molecule has 0 aromatic carbocycles. The van der Waals surface area contributed by atoms with E-state index in [9.17, 15) is 0 Å². The number of hydrogen-bond acceptors (Lipinski definition) is 1. The largest absolute Gasteiger partial charge is 0.468 e. The first-order valence-electron chi connectivity index (χ1n) is 6.15. The lowest BCUT2D eigenvalue weighted by molar-refractivity contribution is 0.143. The van der Waals surface area contributed by atoms with E-state index in [4.69, 9.17) is 4.42 Å². The summed E-state index contributed by atoms with van der Waals surface area (Å²) in [5.41, 5.74) is 2.79. The summed E-state index contributed by atoms with van der Waals surface area (Å²) in [6.07, 6.45) is 4.23. The van der Waals surface area contributed by atoms with Crippen LogP contribution < -0.4 is 0 Å². The van der Waals surface area contributed by atoms with Crippen molar-refractivity contribution >= 4 is 0 Å². The molecule has 0 unspecified atom stereocenters. The minimum atomic E-state index is 0.250. The molecule has 2 atom stereocenters. The fraction of sp³-hybridized carbons (Fsp3) is 0.600. The first-order chi connectivity index (χ1) is 7.43. The van der Waals surface area contributed by atoms with Crippen molar-refractivity contribution in [3.63, 3.8) is 0 Å². The normalized spacial score (nSPS) is 29.4. The maximum absolute atomic E-state index is 5.70. The van der Waals surface area contributed by atoms with Gasteiger partial charge in [0.1, 0.15) is 5.76 Å².